The number of halogens is 5. The van der Waals surface area contributed by atoms with Gasteiger partial charge >= 0.3 is 6.18 Å². The Balaban J connectivity index is 2.34. The van der Waals surface area contributed by atoms with Crippen LogP contribution in [0.25, 0.3) is 0 Å². The monoisotopic (exact) mass is 441 g/mol. The number of anilines is 1. The number of hydrogen-bond acceptors (Lipinski definition) is 3. The van der Waals surface area contributed by atoms with E-state index >= 15 is 0 Å². The van der Waals surface area contributed by atoms with Crippen LogP contribution in [-0.4, -0.2) is 31.1 Å². The van der Waals surface area contributed by atoms with Crippen LogP contribution < -0.4 is 10.0 Å². The summed E-state index contributed by atoms with van der Waals surface area (Å²) in [5.74, 6) is -1.43. The van der Waals surface area contributed by atoms with Gasteiger partial charge in [0.15, 0.2) is 0 Å². The summed E-state index contributed by atoms with van der Waals surface area (Å²) in [5, 5.41) is 2.20. The van der Waals surface area contributed by atoms with Crippen LogP contribution in [0.3, 0.4) is 0 Å². The quantitative estimate of drug-likeness (QED) is 0.696. The van der Waals surface area contributed by atoms with Crippen molar-refractivity contribution < 1.29 is 30.8 Å². The number of aryl methyl sites for hydroxylation is 1. The van der Waals surface area contributed by atoms with Gasteiger partial charge in [-0.1, -0.05) is 11.6 Å². The van der Waals surface area contributed by atoms with E-state index in [1.54, 1.807) is 0 Å². The van der Waals surface area contributed by atoms with Crippen LogP contribution in [0.5, 0.6) is 0 Å². The van der Waals surface area contributed by atoms with Gasteiger partial charge in [0.25, 0.3) is 5.91 Å². The average Bonchev–Trinajstić information content (AvgIpc) is 2.85. The van der Waals surface area contributed by atoms with Gasteiger partial charge in [-0.3, -0.25) is 4.79 Å². The lowest BCUT2D eigenvalue weighted by molar-refractivity contribution is -0.147. The normalized spacial score (nSPS) is 13.4. The van der Waals surface area contributed by atoms with E-state index in [1.165, 1.54) is 29.3 Å². The number of sulfonamides is 1. The maximum absolute atomic E-state index is 13.2. The van der Waals surface area contributed by atoms with E-state index in [9.17, 15) is 30.8 Å². The SMILES string of the molecule is Cc1c(S(=O)(=O)N[C@@H](C)C(F)(F)F)cn(C)c1C(=O)Nc1ccc(F)c(Cl)c1. The Morgan fingerprint density at radius 1 is 1.29 bits per heavy atom. The van der Waals surface area contributed by atoms with Gasteiger partial charge in [-0.05, 0) is 37.6 Å². The van der Waals surface area contributed by atoms with Crippen LogP contribution >= 0.6 is 11.6 Å². The Morgan fingerprint density at radius 2 is 1.89 bits per heavy atom. The summed E-state index contributed by atoms with van der Waals surface area (Å²) < 4.78 is 78.6. The van der Waals surface area contributed by atoms with E-state index in [4.69, 9.17) is 11.6 Å². The molecule has 0 radical (unpaired) electrons. The predicted molar refractivity (Wildman–Crippen MR) is 95.4 cm³/mol. The summed E-state index contributed by atoms with van der Waals surface area (Å²) >= 11 is 5.64. The second kappa shape index (κ2) is 7.72. The van der Waals surface area contributed by atoms with Gasteiger partial charge in [-0.25, -0.2) is 12.8 Å². The molecule has 0 spiro atoms. The number of carbonyl (C=O) groups excluding carboxylic acids is 1. The van der Waals surface area contributed by atoms with Gasteiger partial charge in [0, 0.05) is 18.9 Å². The standard InChI is InChI=1S/C16H16ClF4N3O3S/c1-8-13(28(26,27)23-9(2)16(19,20)21)7-24(3)14(8)15(25)22-10-4-5-12(18)11(17)6-10/h4-7,9,23H,1-3H3,(H,22,25)/t9-/m0/s1. The van der Waals surface area contributed by atoms with Crippen molar-refractivity contribution in [3.63, 3.8) is 0 Å². The molecule has 0 saturated carbocycles. The number of nitrogens with one attached hydrogen (secondary N) is 2. The molecule has 2 N–H and O–H groups in total. The molecule has 154 valence electrons. The molecular weight excluding hydrogens is 426 g/mol. The summed E-state index contributed by atoms with van der Waals surface area (Å²) in [6.45, 7) is 1.96. The van der Waals surface area contributed by atoms with Crippen molar-refractivity contribution in [3.05, 3.63) is 46.5 Å². The lowest BCUT2D eigenvalue weighted by Gasteiger charge is -2.17. The predicted octanol–water partition coefficient (Wildman–Crippen LogP) is 3.61. The summed E-state index contributed by atoms with van der Waals surface area (Å²) in [6, 6.07) is 1.14. The first kappa shape index (κ1) is 22.2. The minimum atomic E-state index is -4.77. The van der Waals surface area contributed by atoms with E-state index in [0.29, 0.717) is 6.92 Å². The largest absolute Gasteiger partial charge is 0.404 e. The maximum atomic E-state index is 13.2. The number of rotatable bonds is 5. The molecule has 0 aliphatic heterocycles. The second-order valence-corrected chi connectivity index (χ2v) is 8.14. The fourth-order valence-electron chi connectivity index (χ4n) is 2.45. The molecule has 0 aliphatic carbocycles. The average molecular weight is 442 g/mol. The molecule has 0 bridgehead atoms. The number of aromatic nitrogens is 1. The highest BCUT2D eigenvalue weighted by molar-refractivity contribution is 7.89. The van der Waals surface area contributed by atoms with Crippen molar-refractivity contribution in [3.8, 4) is 0 Å². The van der Waals surface area contributed by atoms with Crippen LogP contribution in [0.2, 0.25) is 5.02 Å². The Kier molecular flexibility index (Phi) is 6.12. The summed E-state index contributed by atoms with van der Waals surface area (Å²) in [6.07, 6.45) is -3.73. The Labute approximate surface area is 163 Å². The van der Waals surface area contributed by atoms with Gasteiger partial charge in [0.05, 0.1) is 5.02 Å². The van der Waals surface area contributed by atoms with Crippen LogP contribution in [0.4, 0.5) is 23.2 Å². The molecule has 1 heterocycles. The zero-order valence-electron chi connectivity index (χ0n) is 14.9. The number of carbonyl (C=O) groups is 1. The van der Waals surface area contributed by atoms with E-state index in [2.05, 4.69) is 5.32 Å². The van der Waals surface area contributed by atoms with Crippen molar-refractivity contribution in [1.29, 1.82) is 0 Å². The summed E-state index contributed by atoms with van der Waals surface area (Å²) in [5.41, 5.74) is 0.0146. The molecule has 0 saturated heterocycles. The zero-order chi connectivity index (χ0) is 21.4. The molecule has 2 aromatic rings. The second-order valence-electron chi connectivity index (χ2n) is 6.05. The molecule has 28 heavy (non-hydrogen) atoms. The van der Waals surface area contributed by atoms with Crippen LogP contribution in [-0.2, 0) is 17.1 Å². The van der Waals surface area contributed by atoms with Crippen molar-refractivity contribution in [2.75, 3.05) is 5.32 Å². The Hall–Kier alpha value is -2.11. The van der Waals surface area contributed by atoms with Crippen molar-refractivity contribution in [1.82, 2.24) is 9.29 Å². The Morgan fingerprint density at radius 3 is 2.43 bits per heavy atom. The van der Waals surface area contributed by atoms with Crippen molar-refractivity contribution in [2.24, 2.45) is 7.05 Å². The third-order valence-electron chi connectivity index (χ3n) is 3.89. The van der Waals surface area contributed by atoms with E-state index in [0.717, 1.165) is 18.3 Å². The number of hydrogen-bond donors (Lipinski definition) is 2. The minimum Gasteiger partial charge on any atom is -0.345 e. The van der Waals surface area contributed by atoms with Crippen LogP contribution in [0, 0.1) is 12.7 Å². The molecule has 0 aliphatic rings. The van der Waals surface area contributed by atoms with Crippen LogP contribution in [0.1, 0.15) is 23.0 Å². The molecule has 1 atom stereocenters. The summed E-state index contributed by atoms with van der Waals surface area (Å²) in [4.78, 5) is 12.0. The van der Waals surface area contributed by atoms with Gasteiger partial charge in [-0.15, -0.1) is 0 Å². The topological polar surface area (TPSA) is 80.2 Å². The number of nitrogens with zero attached hydrogens (tertiary/aromatic N) is 1. The van der Waals surface area contributed by atoms with Gasteiger partial charge in [0.1, 0.15) is 22.4 Å². The molecular formula is C16H16ClF4N3O3S. The highest BCUT2D eigenvalue weighted by atomic mass is 35.5. The molecule has 0 fully saturated rings. The van der Waals surface area contributed by atoms with E-state index < -0.39 is 38.9 Å². The maximum Gasteiger partial charge on any atom is 0.404 e. The lowest BCUT2D eigenvalue weighted by Crippen LogP contribution is -2.43. The zero-order valence-corrected chi connectivity index (χ0v) is 16.4. The first-order valence-electron chi connectivity index (χ1n) is 7.75. The number of amides is 1. The minimum absolute atomic E-state index is 0.0462. The Bertz CT molecular complexity index is 1020. The fourth-order valence-corrected chi connectivity index (χ4v) is 4.15. The van der Waals surface area contributed by atoms with Gasteiger partial charge < -0.3 is 9.88 Å². The van der Waals surface area contributed by atoms with Gasteiger partial charge in [-0.2, -0.15) is 17.9 Å². The number of benzene rings is 1. The first-order valence-corrected chi connectivity index (χ1v) is 9.61. The van der Waals surface area contributed by atoms with E-state index in [1.807, 2.05) is 0 Å². The fraction of sp³-hybridized carbons (Fsp3) is 0.312. The highest BCUT2D eigenvalue weighted by Crippen LogP contribution is 2.26. The molecule has 6 nitrogen and oxygen atoms in total. The van der Waals surface area contributed by atoms with E-state index in [-0.39, 0.29) is 22.0 Å². The van der Waals surface area contributed by atoms with Crippen molar-refractivity contribution in [2.45, 2.75) is 31.0 Å². The summed E-state index contributed by atoms with van der Waals surface area (Å²) in [7, 11) is -3.17. The molecule has 1 aromatic heterocycles. The molecule has 0 unspecified atom stereocenters. The third-order valence-corrected chi connectivity index (χ3v) is 5.84. The molecule has 2 rings (SSSR count). The molecule has 1 aromatic carbocycles. The highest BCUT2D eigenvalue weighted by Gasteiger charge is 2.39. The van der Waals surface area contributed by atoms with Crippen LogP contribution in [0.15, 0.2) is 29.3 Å². The lowest BCUT2D eigenvalue weighted by atomic mass is 10.2. The molecule has 12 heteroatoms. The van der Waals surface area contributed by atoms with Crippen molar-refractivity contribution >= 4 is 33.2 Å². The number of alkyl halides is 3. The van der Waals surface area contributed by atoms with Gasteiger partial charge in [0.2, 0.25) is 10.0 Å². The third kappa shape index (κ3) is 4.65. The first-order chi connectivity index (χ1) is 12.7. The smallest absolute Gasteiger partial charge is 0.345 e. The molecule has 1 amide bonds.